The first kappa shape index (κ1) is 31.8. The van der Waals surface area contributed by atoms with Gasteiger partial charge >= 0.3 is 0 Å². The van der Waals surface area contributed by atoms with Crippen LogP contribution in [0.2, 0.25) is 0 Å². The number of fused-ring (bicyclic) bond motifs is 9. The summed E-state index contributed by atoms with van der Waals surface area (Å²) in [5.74, 6) is 1.79. The number of benzene rings is 8. The molecule has 8 aromatic carbocycles. The molecule has 0 saturated carbocycles. The molecule has 0 spiro atoms. The van der Waals surface area contributed by atoms with Crippen molar-refractivity contribution in [3.05, 3.63) is 170 Å². The van der Waals surface area contributed by atoms with Gasteiger partial charge in [-0.2, -0.15) is 0 Å². The second kappa shape index (κ2) is 12.5. The fourth-order valence-electron chi connectivity index (χ4n) is 8.12. The van der Waals surface area contributed by atoms with E-state index in [0.717, 1.165) is 103 Å². The molecule has 12 aromatic rings. The first-order chi connectivity index (χ1) is 28.2. The van der Waals surface area contributed by atoms with Crippen LogP contribution in [0.3, 0.4) is 0 Å². The highest BCUT2D eigenvalue weighted by Crippen LogP contribution is 2.48. The van der Waals surface area contributed by atoms with Crippen LogP contribution in [0.15, 0.2) is 179 Å². The normalized spacial score (nSPS) is 11.9. The summed E-state index contributed by atoms with van der Waals surface area (Å²) in [6, 6.07) is 57.9. The van der Waals surface area contributed by atoms with Crippen molar-refractivity contribution >= 4 is 76.2 Å². The van der Waals surface area contributed by atoms with E-state index in [4.69, 9.17) is 28.8 Å². The van der Waals surface area contributed by atoms with Crippen LogP contribution in [-0.2, 0) is 0 Å². The number of aromatic nitrogens is 4. The molecule has 0 fully saturated rings. The van der Waals surface area contributed by atoms with E-state index in [9.17, 15) is 0 Å². The fourth-order valence-corrected chi connectivity index (χ4v) is 9.21. The Morgan fingerprint density at radius 3 is 1.77 bits per heavy atom. The van der Waals surface area contributed by atoms with Crippen LogP contribution in [0.1, 0.15) is 0 Å². The van der Waals surface area contributed by atoms with Crippen LogP contribution >= 0.6 is 11.3 Å². The lowest BCUT2D eigenvalue weighted by molar-refractivity contribution is 0.669. The topological polar surface area (TPSA) is 77.8 Å². The number of hydrogen-bond acceptors (Lipinski definition) is 7. The van der Waals surface area contributed by atoms with Gasteiger partial charge in [0.15, 0.2) is 17.5 Å². The van der Waals surface area contributed by atoms with Crippen LogP contribution in [0, 0.1) is 0 Å². The van der Waals surface area contributed by atoms with Crippen LogP contribution < -0.4 is 0 Å². The van der Waals surface area contributed by atoms with E-state index < -0.39 is 0 Å². The van der Waals surface area contributed by atoms with E-state index in [0.29, 0.717) is 17.5 Å². The zero-order chi connectivity index (χ0) is 37.5. The monoisotopic (exact) mass is 748 g/mol. The molecule has 0 bridgehead atoms. The third kappa shape index (κ3) is 5.10. The lowest BCUT2D eigenvalue weighted by Gasteiger charge is -2.15. The Hall–Kier alpha value is -7.48. The third-order valence-corrected chi connectivity index (χ3v) is 11.9. The number of nitrogens with zero attached hydrogens (tertiary/aromatic N) is 4. The number of furan rings is 2. The van der Waals surface area contributed by atoms with Crippen molar-refractivity contribution in [3.63, 3.8) is 0 Å². The maximum Gasteiger partial charge on any atom is 0.164 e. The summed E-state index contributed by atoms with van der Waals surface area (Å²) in [7, 11) is 0. The van der Waals surface area contributed by atoms with Gasteiger partial charge in [0.05, 0.1) is 10.2 Å². The largest absolute Gasteiger partial charge is 0.456 e. The highest BCUT2D eigenvalue weighted by molar-refractivity contribution is 7.22. The molecule has 12 rings (SSSR count). The lowest BCUT2D eigenvalue weighted by Crippen LogP contribution is -2.01. The molecular weight excluding hydrogens is 721 g/mol. The number of thiazole rings is 1. The first-order valence-corrected chi connectivity index (χ1v) is 19.6. The number of hydrogen-bond donors (Lipinski definition) is 0. The minimum atomic E-state index is 0.575. The van der Waals surface area contributed by atoms with Gasteiger partial charge in [-0.3, -0.25) is 0 Å². The average molecular weight is 749 g/mol. The first-order valence-electron chi connectivity index (χ1n) is 18.8. The lowest BCUT2D eigenvalue weighted by atomic mass is 9.91. The molecule has 0 N–H and O–H groups in total. The summed E-state index contributed by atoms with van der Waals surface area (Å²) in [6.45, 7) is 0. The molecule has 0 aliphatic heterocycles. The number of para-hydroxylation sites is 2. The Labute approximate surface area is 329 Å². The molecule has 0 unspecified atom stereocenters. The Balaban J connectivity index is 1.14. The van der Waals surface area contributed by atoms with Crippen molar-refractivity contribution < 1.29 is 8.83 Å². The molecule has 0 atom stereocenters. The van der Waals surface area contributed by atoms with Gasteiger partial charge in [-0.05, 0) is 47.2 Å². The van der Waals surface area contributed by atoms with Crippen LogP contribution in [0.4, 0.5) is 0 Å². The summed E-state index contributed by atoms with van der Waals surface area (Å²) in [6.07, 6.45) is 0. The molecule has 0 aliphatic rings. The molecule has 0 radical (unpaired) electrons. The summed E-state index contributed by atoms with van der Waals surface area (Å²) < 4.78 is 14.3. The molecule has 266 valence electrons. The highest BCUT2D eigenvalue weighted by Gasteiger charge is 2.25. The molecule has 7 heteroatoms. The molecular formula is C50H28N4O2S. The fraction of sp³-hybridized carbons (Fsp3) is 0. The van der Waals surface area contributed by atoms with Gasteiger partial charge in [-0.1, -0.05) is 133 Å². The Kier molecular flexibility index (Phi) is 7.00. The van der Waals surface area contributed by atoms with Crippen molar-refractivity contribution in [2.24, 2.45) is 0 Å². The zero-order valence-corrected chi connectivity index (χ0v) is 31.0. The maximum atomic E-state index is 6.89. The van der Waals surface area contributed by atoms with Gasteiger partial charge in [0, 0.05) is 54.9 Å². The van der Waals surface area contributed by atoms with E-state index in [-0.39, 0.29) is 0 Å². The predicted octanol–water partition coefficient (Wildman–Crippen LogP) is 13.8. The minimum Gasteiger partial charge on any atom is -0.456 e. The van der Waals surface area contributed by atoms with Gasteiger partial charge in [0.25, 0.3) is 0 Å². The summed E-state index contributed by atoms with van der Waals surface area (Å²) in [5.41, 5.74) is 9.82. The summed E-state index contributed by atoms with van der Waals surface area (Å²) >= 11 is 1.68. The van der Waals surface area contributed by atoms with E-state index in [1.807, 2.05) is 91.0 Å². The molecule has 0 saturated heterocycles. The quantitative estimate of drug-likeness (QED) is 0.174. The molecule has 6 nitrogen and oxygen atoms in total. The second-order valence-electron chi connectivity index (χ2n) is 14.2. The summed E-state index contributed by atoms with van der Waals surface area (Å²) in [5, 5.41) is 7.35. The Bertz CT molecular complexity index is 3470. The SMILES string of the molecule is c1ccc(-c2nc(-c3ccccc3)nc(-c3ccc4ccccc4c3-c3cc4nc(-c5ccc6c(c5)oc5ccccc56)sc4c4c3oc3ccccc34)n2)cc1. The van der Waals surface area contributed by atoms with Gasteiger partial charge in [-0.15, -0.1) is 11.3 Å². The smallest absolute Gasteiger partial charge is 0.164 e. The van der Waals surface area contributed by atoms with E-state index in [1.54, 1.807) is 11.3 Å². The Morgan fingerprint density at radius 2 is 1.02 bits per heavy atom. The van der Waals surface area contributed by atoms with E-state index in [1.165, 1.54) is 0 Å². The van der Waals surface area contributed by atoms with Crippen molar-refractivity contribution in [2.45, 2.75) is 0 Å². The van der Waals surface area contributed by atoms with Crippen molar-refractivity contribution in [2.75, 3.05) is 0 Å². The molecule has 0 amide bonds. The minimum absolute atomic E-state index is 0.575. The zero-order valence-electron chi connectivity index (χ0n) is 30.2. The Morgan fingerprint density at radius 1 is 0.404 bits per heavy atom. The van der Waals surface area contributed by atoms with Crippen LogP contribution in [0.5, 0.6) is 0 Å². The van der Waals surface area contributed by atoms with E-state index >= 15 is 0 Å². The van der Waals surface area contributed by atoms with Crippen molar-refractivity contribution in [3.8, 4) is 55.9 Å². The standard InChI is InChI=1S/C50H28N4O2S/c1-3-14-30(15-4-1)47-52-48(31-16-5-2-6-17-31)54-49(53-47)37-26-23-29-13-7-8-18-33(29)43(37)38-28-39-46(44-36-20-10-12-22-41(36)56-45(38)44)57-50(51-39)32-24-25-35-34-19-9-11-21-40(34)55-42(35)27-32/h1-28H. The predicted molar refractivity (Wildman–Crippen MR) is 232 cm³/mol. The van der Waals surface area contributed by atoms with Gasteiger partial charge in [-0.25, -0.2) is 19.9 Å². The van der Waals surface area contributed by atoms with E-state index in [2.05, 4.69) is 78.9 Å². The average Bonchev–Trinajstić information content (AvgIpc) is 3.99. The molecule has 4 aromatic heterocycles. The van der Waals surface area contributed by atoms with Crippen molar-refractivity contribution in [1.29, 1.82) is 0 Å². The van der Waals surface area contributed by atoms with Crippen LogP contribution in [0.25, 0.3) is 121 Å². The summed E-state index contributed by atoms with van der Waals surface area (Å²) in [4.78, 5) is 20.7. The number of rotatable bonds is 5. The second-order valence-corrected chi connectivity index (χ2v) is 15.1. The molecule has 0 aliphatic carbocycles. The highest BCUT2D eigenvalue weighted by atomic mass is 32.1. The van der Waals surface area contributed by atoms with Gasteiger partial charge < -0.3 is 8.83 Å². The van der Waals surface area contributed by atoms with Gasteiger partial charge in [0.2, 0.25) is 0 Å². The molecule has 57 heavy (non-hydrogen) atoms. The van der Waals surface area contributed by atoms with Gasteiger partial charge in [0.1, 0.15) is 27.3 Å². The molecule has 4 heterocycles. The maximum absolute atomic E-state index is 6.89. The van der Waals surface area contributed by atoms with Crippen molar-refractivity contribution in [1.82, 2.24) is 19.9 Å². The third-order valence-electron chi connectivity index (χ3n) is 10.8. The van der Waals surface area contributed by atoms with Crippen LogP contribution in [-0.4, -0.2) is 19.9 Å².